The monoisotopic (exact) mass is 402 g/mol. The summed E-state index contributed by atoms with van der Waals surface area (Å²) in [6, 6.07) is 8.14. The van der Waals surface area contributed by atoms with E-state index < -0.39 is 23.5 Å². The maximum absolute atomic E-state index is 13.8. The predicted molar refractivity (Wildman–Crippen MR) is 103 cm³/mol. The maximum Gasteiger partial charge on any atom is 0.338 e. The molecule has 0 aliphatic carbocycles. The summed E-state index contributed by atoms with van der Waals surface area (Å²) >= 11 is 0. The van der Waals surface area contributed by atoms with Gasteiger partial charge in [-0.05, 0) is 38.1 Å². The molecule has 1 aromatic heterocycles. The molecule has 0 unspecified atom stereocenters. The maximum atomic E-state index is 13.8. The third-order valence-corrected chi connectivity index (χ3v) is 4.67. The van der Waals surface area contributed by atoms with Gasteiger partial charge in [-0.25, -0.2) is 22.7 Å². The molecule has 0 fully saturated rings. The number of carbonyl (C=O) groups is 2. The van der Waals surface area contributed by atoms with Crippen LogP contribution in [0.4, 0.5) is 14.5 Å². The van der Waals surface area contributed by atoms with E-state index in [0.717, 1.165) is 17.4 Å². The molecule has 3 aromatic rings. The highest BCUT2D eigenvalue weighted by Crippen LogP contribution is 2.19. The van der Waals surface area contributed by atoms with Crippen molar-refractivity contribution < 1.29 is 27.7 Å². The number of aromatic nitrogens is 2. The number of aryl methyl sites for hydroxylation is 1. The largest absolute Gasteiger partial charge is 0.462 e. The van der Waals surface area contributed by atoms with Gasteiger partial charge in [0.25, 0.3) is 11.7 Å². The molecule has 152 valence electrons. The second kappa shape index (κ2) is 8.38. The van der Waals surface area contributed by atoms with E-state index >= 15 is 0 Å². The number of anilines is 1. The van der Waals surface area contributed by atoms with Gasteiger partial charge in [0.15, 0.2) is 17.6 Å². The van der Waals surface area contributed by atoms with Gasteiger partial charge in [-0.15, -0.1) is 0 Å². The Morgan fingerprint density at radius 1 is 1.14 bits per heavy atom. The summed E-state index contributed by atoms with van der Waals surface area (Å²) in [5.74, 6) is -1.68. The lowest BCUT2D eigenvalue weighted by molar-refractivity contribution is -0.674. The number of nitrogens with zero attached hydrogens (tertiary/aromatic N) is 2. The van der Waals surface area contributed by atoms with E-state index in [1.54, 1.807) is 23.6 Å². The normalized spacial score (nSPS) is 10.9. The van der Waals surface area contributed by atoms with Gasteiger partial charge >= 0.3 is 5.97 Å². The molecule has 0 saturated heterocycles. The Bertz CT molecular complexity index is 1090. The zero-order valence-electron chi connectivity index (χ0n) is 16.5. The van der Waals surface area contributed by atoms with Crippen LogP contribution < -0.4 is 9.88 Å². The van der Waals surface area contributed by atoms with Crippen molar-refractivity contribution in [1.29, 1.82) is 0 Å². The molecule has 0 atom stereocenters. The third kappa shape index (κ3) is 4.11. The molecule has 0 aliphatic rings. The number of carbonyl (C=O) groups excluding carboxylic acids is 2. The number of amides is 1. The van der Waals surface area contributed by atoms with E-state index in [-0.39, 0.29) is 18.8 Å². The summed E-state index contributed by atoms with van der Waals surface area (Å²) in [5.41, 5.74) is 1.83. The lowest BCUT2D eigenvalue weighted by Crippen LogP contribution is -2.35. The molecule has 0 aliphatic heterocycles. The van der Waals surface area contributed by atoms with Crippen LogP contribution in [-0.2, 0) is 22.6 Å². The molecule has 0 spiro atoms. The second-order valence-corrected chi connectivity index (χ2v) is 6.47. The van der Waals surface area contributed by atoms with Crippen LogP contribution in [-0.4, -0.2) is 23.1 Å². The summed E-state index contributed by atoms with van der Waals surface area (Å²) in [6.07, 6.45) is 0. The highest BCUT2D eigenvalue weighted by atomic mass is 19.1. The molecular weight excluding hydrogens is 380 g/mol. The van der Waals surface area contributed by atoms with E-state index in [0.29, 0.717) is 23.7 Å². The Kier molecular flexibility index (Phi) is 5.91. The molecule has 0 radical (unpaired) electrons. The molecule has 8 heteroatoms. The first-order valence-corrected chi connectivity index (χ1v) is 9.30. The van der Waals surface area contributed by atoms with Crippen LogP contribution in [0.25, 0.3) is 11.0 Å². The molecule has 1 amide bonds. The average Bonchev–Trinajstić information content (AvgIpc) is 2.94. The quantitative estimate of drug-likeness (QED) is 0.508. The lowest BCUT2D eigenvalue weighted by Gasteiger charge is -2.06. The predicted octanol–water partition coefficient (Wildman–Crippen LogP) is 3.35. The first-order chi connectivity index (χ1) is 13.8. The van der Waals surface area contributed by atoms with Gasteiger partial charge in [0.05, 0.1) is 24.4 Å². The van der Waals surface area contributed by atoms with Crippen molar-refractivity contribution in [3.63, 3.8) is 0 Å². The average molecular weight is 402 g/mol. The number of imidazole rings is 1. The van der Waals surface area contributed by atoms with Crippen LogP contribution in [0.3, 0.4) is 0 Å². The van der Waals surface area contributed by atoms with Crippen molar-refractivity contribution in [1.82, 2.24) is 4.57 Å². The van der Waals surface area contributed by atoms with Gasteiger partial charge in [-0.1, -0.05) is 0 Å². The molecule has 1 heterocycles. The highest BCUT2D eigenvalue weighted by Gasteiger charge is 2.24. The Morgan fingerprint density at radius 3 is 2.55 bits per heavy atom. The minimum absolute atomic E-state index is 0.0962. The number of hydrogen-bond donors (Lipinski definition) is 1. The minimum atomic E-state index is -0.847. The van der Waals surface area contributed by atoms with Crippen LogP contribution in [0.15, 0.2) is 36.4 Å². The van der Waals surface area contributed by atoms with Crippen LogP contribution in [0.5, 0.6) is 0 Å². The number of hydrogen-bond acceptors (Lipinski definition) is 3. The summed E-state index contributed by atoms with van der Waals surface area (Å²) in [4.78, 5) is 24.6. The van der Waals surface area contributed by atoms with Crippen molar-refractivity contribution in [3.05, 3.63) is 59.4 Å². The first kappa shape index (κ1) is 20.4. The number of esters is 1. The van der Waals surface area contributed by atoms with Crippen LogP contribution in [0, 0.1) is 18.6 Å². The molecule has 29 heavy (non-hydrogen) atoms. The molecule has 1 N–H and O–H groups in total. The fraction of sp³-hybridized carbons (Fsp3) is 0.286. The minimum Gasteiger partial charge on any atom is -0.462 e. The summed E-state index contributed by atoms with van der Waals surface area (Å²) < 4.78 is 35.7. The zero-order valence-corrected chi connectivity index (χ0v) is 16.5. The van der Waals surface area contributed by atoms with Crippen molar-refractivity contribution in [2.45, 2.75) is 33.9 Å². The first-order valence-electron chi connectivity index (χ1n) is 9.30. The fourth-order valence-corrected chi connectivity index (χ4v) is 3.33. The molecular formula is C21H22F2N3O3+. The van der Waals surface area contributed by atoms with Gasteiger partial charge in [0.1, 0.15) is 11.6 Å². The Labute approximate surface area is 166 Å². The van der Waals surface area contributed by atoms with E-state index in [4.69, 9.17) is 4.74 Å². The summed E-state index contributed by atoms with van der Waals surface area (Å²) in [6.45, 7) is 6.40. The molecule has 0 bridgehead atoms. The molecule has 2 aromatic carbocycles. The van der Waals surface area contributed by atoms with E-state index in [1.165, 1.54) is 6.07 Å². The fourth-order valence-electron chi connectivity index (χ4n) is 3.33. The lowest BCUT2D eigenvalue weighted by atomic mass is 10.2. The van der Waals surface area contributed by atoms with Gasteiger partial charge in [-0.3, -0.25) is 4.79 Å². The topological polar surface area (TPSA) is 64.2 Å². The van der Waals surface area contributed by atoms with Crippen LogP contribution in [0.1, 0.15) is 30.0 Å². The number of ether oxygens (including phenoxy) is 1. The number of fused-ring (bicyclic) bond motifs is 1. The Hall–Kier alpha value is -3.29. The zero-order chi connectivity index (χ0) is 21.1. The highest BCUT2D eigenvalue weighted by molar-refractivity contribution is 5.94. The Balaban J connectivity index is 1.96. The van der Waals surface area contributed by atoms with Gasteiger partial charge in [-0.2, -0.15) is 0 Å². The van der Waals surface area contributed by atoms with Crippen molar-refractivity contribution in [3.8, 4) is 0 Å². The standard InChI is InChI=1S/C21H21F2N3O3/c1-4-25-13(3)26(12-20(27)24-17-8-7-15(22)11-16(17)23)19-10-14(6-9-18(19)25)21(28)29-5-2/h6-11H,4-5,12H2,1-3H3/p+1. The second-order valence-electron chi connectivity index (χ2n) is 6.47. The van der Waals surface area contributed by atoms with Gasteiger partial charge in [0.2, 0.25) is 0 Å². The summed E-state index contributed by atoms with van der Waals surface area (Å²) in [7, 11) is 0. The van der Waals surface area contributed by atoms with Crippen LogP contribution in [0.2, 0.25) is 0 Å². The number of nitrogens with one attached hydrogen (secondary N) is 1. The van der Waals surface area contributed by atoms with Gasteiger partial charge in [0, 0.05) is 19.1 Å². The van der Waals surface area contributed by atoms with Gasteiger partial charge < -0.3 is 10.1 Å². The smallest absolute Gasteiger partial charge is 0.338 e. The molecule has 0 saturated carbocycles. The van der Waals surface area contributed by atoms with E-state index in [9.17, 15) is 18.4 Å². The SMILES string of the molecule is CCOC(=O)c1ccc2c(c1)n(CC(=O)Nc1ccc(F)cc1F)c(C)[n+]2CC. The number of benzene rings is 2. The number of rotatable bonds is 6. The molecule has 3 rings (SSSR count). The van der Waals surface area contributed by atoms with Crippen molar-refractivity contribution >= 4 is 28.6 Å². The third-order valence-electron chi connectivity index (χ3n) is 4.67. The van der Waals surface area contributed by atoms with E-state index in [1.807, 2.05) is 24.5 Å². The van der Waals surface area contributed by atoms with Crippen LogP contribution >= 0.6 is 0 Å². The van der Waals surface area contributed by atoms with Crippen molar-refractivity contribution in [2.75, 3.05) is 11.9 Å². The Morgan fingerprint density at radius 2 is 1.90 bits per heavy atom. The summed E-state index contributed by atoms with van der Waals surface area (Å²) in [5, 5.41) is 2.46. The number of halogens is 2. The van der Waals surface area contributed by atoms with E-state index in [2.05, 4.69) is 5.32 Å². The molecule has 6 nitrogen and oxygen atoms in total. The van der Waals surface area contributed by atoms with Crippen molar-refractivity contribution in [2.24, 2.45) is 0 Å².